The van der Waals surface area contributed by atoms with Crippen molar-refractivity contribution in [3.63, 3.8) is 0 Å². The second-order valence-corrected chi connectivity index (χ2v) is 9.16. The van der Waals surface area contributed by atoms with Gasteiger partial charge in [-0.1, -0.05) is 30.3 Å². The molecule has 3 aromatic rings. The number of likely N-dealkylation sites (tertiary alicyclic amines) is 1. The number of fused-ring (bicyclic) bond motifs is 1. The highest BCUT2D eigenvalue weighted by molar-refractivity contribution is 6.21. The van der Waals surface area contributed by atoms with E-state index in [0.29, 0.717) is 33.6 Å². The first-order valence-corrected chi connectivity index (χ1v) is 12.2. The highest BCUT2D eigenvalue weighted by Gasteiger charge is 2.35. The van der Waals surface area contributed by atoms with Crippen molar-refractivity contribution in [3.8, 4) is 5.75 Å². The predicted octanol–water partition coefficient (Wildman–Crippen LogP) is 3.66. The summed E-state index contributed by atoms with van der Waals surface area (Å²) in [5, 5.41) is 2.89. The van der Waals surface area contributed by atoms with Gasteiger partial charge in [-0.2, -0.15) is 0 Å². The molecule has 1 N–H and O–H groups in total. The first-order valence-electron chi connectivity index (χ1n) is 12.2. The number of nitrogens with one attached hydrogen (secondary N) is 1. The molecule has 2 aliphatic heterocycles. The number of amides is 4. The van der Waals surface area contributed by atoms with Gasteiger partial charge in [-0.15, -0.1) is 0 Å². The molecule has 0 unspecified atom stereocenters. The van der Waals surface area contributed by atoms with E-state index in [-0.39, 0.29) is 36.7 Å². The molecule has 188 valence electrons. The van der Waals surface area contributed by atoms with E-state index in [9.17, 15) is 19.2 Å². The van der Waals surface area contributed by atoms with E-state index in [1.807, 2.05) is 17.0 Å². The first-order chi connectivity index (χ1) is 18.0. The van der Waals surface area contributed by atoms with Crippen LogP contribution in [0.4, 0.5) is 0 Å². The van der Waals surface area contributed by atoms with Gasteiger partial charge in [-0.3, -0.25) is 24.1 Å². The predicted molar refractivity (Wildman–Crippen MR) is 136 cm³/mol. The summed E-state index contributed by atoms with van der Waals surface area (Å²) >= 11 is 0. The first kappa shape index (κ1) is 24.2. The molecule has 8 nitrogen and oxygen atoms in total. The van der Waals surface area contributed by atoms with Crippen LogP contribution in [0.15, 0.2) is 66.7 Å². The summed E-state index contributed by atoms with van der Waals surface area (Å²) in [6.45, 7) is 1.82. The molecule has 0 bridgehead atoms. The number of hydrogen-bond acceptors (Lipinski definition) is 5. The van der Waals surface area contributed by atoms with Crippen molar-refractivity contribution in [1.29, 1.82) is 0 Å². The summed E-state index contributed by atoms with van der Waals surface area (Å²) < 4.78 is 5.39. The van der Waals surface area contributed by atoms with Crippen molar-refractivity contribution in [3.05, 3.63) is 100 Å². The van der Waals surface area contributed by atoms with E-state index in [4.69, 9.17) is 4.74 Å². The van der Waals surface area contributed by atoms with Crippen LogP contribution < -0.4 is 10.1 Å². The van der Waals surface area contributed by atoms with Crippen LogP contribution in [-0.4, -0.2) is 53.6 Å². The molecule has 3 aromatic carbocycles. The van der Waals surface area contributed by atoms with E-state index in [1.165, 1.54) is 12.0 Å². The lowest BCUT2D eigenvalue weighted by Crippen LogP contribution is -2.29. The summed E-state index contributed by atoms with van der Waals surface area (Å²) in [6, 6.07) is 19.0. The smallest absolute Gasteiger partial charge is 0.261 e. The Morgan fingerprint density at radius 1 is 0.865 bits per heavy atom. The standard InChI is InChI=1S/C29H27N3O5/c1-37-25-12-11-20(18-32-28(35)22-9-2-3-10-23(22)29(32)36)16-24(25)26(33)30-17-19-7-6-8-21(15-19)27(34)31-13-4-5-14-31/h2-3,6-12,15-16H,4-5,13-14,17-18H2,1H3,(H,30,33). The number of nitrogens with zero attached hydrogens (tertiary/aromatic N) is 2. The monoisotopic (exact) mass is 497 g/mol. The Kier molecular flexibility index (Phi) is 6.72. The number of rotatable bonds is 7. The molecule has 5 rings (SSSR count). The Hall–Kier alpha value is -4.46. The summed E-state index contributed by atoms with van der Waals surface area (Å²) in [5.74, 6) is -0.691. The molecule has 8 heteroatoms. The molecule has 0 spiro atoms. The highest BCUT2D eigenvalue weighted by Crippen LogP contribution is 2.26. The average molecular weight is 498 g/mol. The van der Waals surface area contributed by atoms with Gasteiger partial charge < -0.3 is 15.0 Å². The van der Waals surface area contributed by atoms with Crippen LogP contribution >= 0.6 is 0 Å². The Labute approximate surface area is 214 Å². The largest absolute Gasteiger partial charge is 0.496 e. The summed E-state index contributed by atoms with van der Waals surface area (Å²) in [6.07, 6.45) is 2.05. The number of carbonyl (C=O) groups is 4. The molecule has 1 saturated heterocycles. The van der Waals surface area contributed by atoms with Crippen LogP contribution in [0.2, 0.25) is 0 Å². The molecule has 2 aliphatic rings. The molecule has 37 heavy (non-hydrogen) atoms. The van der Waals surface area contributed by atoms with Gasteiger partial charge in [-0.25, -0.2) is 0 Å². The molecule has 4 amide bonds. The van der Waals surface area contributed by atoms with Gasteiger partial charge in [0.15, 0.2) is 0 Å². The van der Waals surface area contributed by atoms with Crippen molar-refractivity contribution >= 4 is 23.6 Å². The number of methoxy groups -OCH3 is 1. The van der Waals surface area contributed by atoms with Gasteiger partial charge in [0.2, 0.25) is 0 Å². The second-order valence-electron chi connectivity index (χ2n) is 9.16. The molecular formula is C29H27N3O5. The lowest BCUT2D eigenvalue weighted by Gasteiger charge is -2.17. The lowest BCUT2D eigenvalue weighted by atomic mass is 10.1. The quantitative estimate of drug-likeness (QED) is 0.503. The second kappa shape index (κ2) is 10.3. The van der Waals surface area contributed by atoms with Crippen LogP contribution in [0.25, 0.3) is 0 Å². The molecule has 0 saturated carbocycles. The summed E-state index contributed by atoms with van der Waals surface area (Å²) in [5.41, 5.74) is 3.09. The van der Waals surface area contributed by atoms with E-state index in [0.717, 1.165) is 31.5 Å². The van der Waals surface area contributed by atoms with Gasteiger partial charge in [0.25, 0.3) is 23.6 Å². The van der Waals surface area contributed by atoms with Crippen LogP contribution in [-0.2, 0) is 13.1 Å². The van der Waals surface area contributed by atoms with Crippen LogP contribution in [0.1, 0.15) is 65.4 Å². The van der Waals surface area contributed by atoms with Gasteiger partial charge in [-0.05, 0) is 60.4 Å². The molecule has 0 aromatic heterocycles. The average Bonchev–Trinajstić information content (AvgIpc) is 3.55. The Morgan fingerprint density at radius 2 is 1.57 bits per heavy atom. The fourth-order valence-electron chi connectivity index (χ4n) is 4.79. The third kappa shape index (κ3) is 4.82. The van der Waals surface area contributed by atoms with E-state index in [2.05, 4.69) is 5.32 Å². The summed E-state index contributed by atoms with van der Waals surface area (Å²) in [4.78, 5) is 54.3. The van der Waals surface area contributed by atoms with Crippen molar-refractivity contribution in [2.75, 3.05) is 20.2 Å². The number of hydrogen-bond donors (Lipinski definition) is 1. The fraction of sp³-hybridized carbons (Fsp3) is 0.241. The van der Waals surface area contributed by atoms with Crippen LogP contribution in [0.3, 0.4) is 0 Å². The van der Waals surface area contributed by atoms with E-state index < -0.39 is 0 Å². The van der Waals surface area contributed by atoms with Gasteiger partial charge in [0.1, 0.15) is 5.75 Å². The fourth-order valence-corrected chi connectivity index (χ4v) is 4.79. The van der Waals surface area contributed by atoms with Crippen LogP contribution in [0.5, 0.6) is 5.75 Å². The SMILES string of the molecule is COc1ccc(CN2C(=O)c3ccccc3C2=O)cc1C(=O)NCc1cccc(C(=O)N2CCCC2)c1. The zero-order chi connectivity index (χ0) is 25.9. The zero-order valence-electron chi connectivity index (χ0n) is 20.5. The maximum Gasteiger partial charge on any atom is 0.261 e. The minimum absolute atomic E-state index is 0.00760. The zero-order valence-corrected chi connectivity index (χ0v) is 20.5. The normalized spacial score (nSPS) is 14.6. The molecule has 0 radical (unpaired) electrons. The lowest BCUT2D eigenvalue weighted by molar-refractivity contribution is 0.0641. The highest BCUT2D eigenvalue weighted by atomic mass is 16.5. The van der Waals surface area contributed by atoms with E-state index >= 15 is 0 Å². The van der Waals surface area contributed by atoms with Crippen LogP contribution in [0, 0.1) is 0 Å². The molecule has 0 aliphatic carbocycles. The van der Waals surface area contributed by atoms with E-state index in [1.54, 1.807) is 54.6 Å². The Morgan fingerprint density at radius 3 is 2.24 bits per heavy atom. The van der Waals surface area contributed by atoms with Crippen molar-refractivity contribution in [2.45, 2.75) is 25.9 Å². The number of imide groups is 1. The van der Waals surface area contributed by atoms with Crippen molar-refractivity contribution < 1.29 is 23.9 Å². The molecule has 2 heterocycles. The number of benzene rings is 3. The molecular weight excluding hydrogens is 470 g/mol. The third-order valence-corrected chi connectivity index (χ3v) is 6.75. The van der Waals surface area contributed by atoms with Crippen molar-refractivity contribution in [1.82, 2.24) is 15.1 Å². The number of carbonyl (C=O) groups excluding carboxylic acids is 4. The van der Waals surface area contributed by atoms with Gasteiger partial charge >= 0.3 is 0 Å². The third-order valence-electron chi connectivity index (χ3n) is 6.75. The Bertz CT molecular complexity index is 1360. The minimum atomic E-state index is -0.364. The van der Waals surface area contributed by atoms with Crippen molar-refractivity contribution in [2.24, 2.45) is 0 Å². The topological polar surface area (TPSA) is 96.0 Å². The minimum Gasteiger partial charge on any atom is -0.496 e. The molecule has 0 atom stereocenters. The maximum atomic E-state index is 13.1. The maximum absolute atomic E-state index is 13.1. The van der Waals surface area contributed by atoms with Gasteiger partial charge in [0.05, 0.1) is 30.3 Å². The van der Waals surface area contributed by atoms with Gasteiger partial charge in [0, 0.05) is 25.2 Å². The Balaban J connectivity index is 1.29. The number of ether oxygens (including phenoxy) is 1. The molecule has 1 fully saturated rings. The summed E-state index contributed by atoms with van der Waals surface area (Å²) in [7, 11) is 1.48.